The minimum absolute atomic E-state index is 0. The molecule has 0 unspecified atom stereocenters. The molecule has 2 rings (SSSR count). The molecular weight excluding hydrogens is 307 g/mol. The number of nitrogens with zero attached hydrogens (tertiary/aromatic N) is 1. The molecule has 0 aromatic heterocycles. The van der Waals surface area contributed by atoms with E-state index >= 15 is 0 Å². The Balaban J connectivity index is 0.00000180. The van der Waals surface area contributed by atoms with E-state index in [9.17, 15) is 5.11 Å². The van der Waals surface area contributed by atoms with Gasteiger partial charge in [-0.1, -0.05) is 23.2 Å². The van der Waals surface area contributed by atoms with Crippen molar-refractivity contribution in [2.45, 2.75) is 12.5 Å². The van der Waals surface area contributed by atoms with E-state index in [1.54, 1.807) is 6.07 Å². The van der Waals surface area contributed by atoms with E-state index in [-0.39, 0.29) is 25.1 Å². The minimum atomic E-state index is 0. The molecule has 1 fully saturated rings. The minimum Gasteiger partial charge on any atom is -0.396 e. The number of hydrogen-bond acceptors (Lipinski definition) is 3. The lowest BCUT2D eigenvalue weighted by atomic mass is 10.0. The lowest BCUT2D eigenvalue weighted by molar-refractivity contribution is 0.141. The zero-order chi connectivity index (χ0) is 13.0. The third-order valence-corrected chi connectivity index (χ3v) is 3.70. The Kier molecular flexibility index (Phi) is 7.44. The zero-order valence-corrected chi connectivity index (χ0v) is 12.9. The van der Waals surface area contributed by atoms with Crippen molar-refractivity contribution in [3.05, 3.63) is 33.8 Å². The van der Waals surface area contributed by atoms with Gasteiger partial charge >= 0.3 is 0 Å². The molecule has 19 heavy (non-hydrogen) atoms. The maximum Gasteiger partial charge on any atom is 0.0449 e. The van der Waals surface area contributed by atoms with Crippen LogP contribution in [0.2, 0.25) is 10.0 Å². The maximum absolute atomic E-state index is 9.26. The molecule has 1 saturated heterocycles. The summed E-state index contributed by atoms with van der Waals surface area (Å²) in [5, 5.41) is 13.9. The first-order valence-corrected chi connectivity index (χ1v) is 6.98. The summed E-state index contributed by atoms with van der Waals surface area (Å²) < 4.78 is 0. The predicted octanol–water partition coefficient (Wildman–Crippen LogP) is 2.74. The number of aliphatic hydroxyl groups excluding tert-OH is 1. The van der Waals surface area contributed by atoms with Crippen molar-refractivity contribution in [1.29, 1.82) is 0 Å². The highest BCUT2D eigenvalue weighted by molar-refractivity contribution is 6.34. The van der Waals surface area contributed by atoms with Gasteiger partial charge in [-0.15, -0.1) is 12.4 Å². The van der Waals surface area contributed by atoms with Crippen molar-refractivity contribution < 1.29 is 5.11 Å². The molecule has 1 aliphatic rings. The summed E-state index contributed by atoms with van der Waals surface area (Å²) in [4.78, 5) is 2.37. The second kappa shape index (κ2) is 8.30. The second-order valence-electron chi connectivity index (χ2n) is 4.52. The topological polar surface area (TPSA) is 35.5 Å². The molecule has 1 aliphatic heterocycles. The van der Waals surface area contributed by atoms with Crippen LogP contribution >= 0.6 is 35.6 Å². The Hall–Kier alpha value is -0.0300. The second-order valence-corrected chi connectivity index (χ2v) is 5.39. The molecule has 2 N–H and O–H groups in total. The van der Waals surface area contributed by atoms with Crippen LogP contribution in [0.25, 0.3) is 0 Å². The quantitative estimate of drug-likeness (QED) is 0.893. The van der Waals surface area contributed by atoms with Gasteiger partial charge < -0.3 is 10.4 Å². The normalized spacial score (nSPS) is 17.8. The number of halogens is 3. The van der Waals surface area contributed by atoms with Crippen LogP contribution in [0.4, 0.5) is 0 Å². The fraction of sp³-hybridized carbons (Fsp3) is 0.538. The number of rotatable bonds is 4. The van der Waals surface area contributed by atoms with Gasteiger partial charge in [0.2, 0.25) is 0 Å². The zero-order valence-electron chi connectivity index (χ0n) is 10.6. The third-order valence-electron chi connectivity index (χ3n) is 3.26. The van der Waals surface area contributed by atoms with Crippen LogP contribution in [-0.4, -0.2) is 42.8 Å². The lowest BCUT2D eigenvalue weighted by Crippen LogP contribution is -2.45. The summed E-state index contributed by atoms with van der Waals surface area (Å²) >= 11 is 12.1. The highest BCUT2D eigenvalue weighted by atomic mass is 35.5. The summed E-state index contributed by atoms with van der Waals surface area (Å²) in [7, 11) is 0. The first-order valence-electron chi connectivity index (χ1n) is 6.22. The first-order chi connectivity index (χ1) is 8.70. The fourth-order valence-electron chi connectivity index (χ4n) is 2.44. The first kappa shape index (κ1) is 17.0. The van der Waals surface area contributed by atoms with Crippen LogP contribution < -0.4 is 5.32 Å². The van der Waals surface area contributed by atoms with Gasteiger partial charge in [0.15, 0.2) is 0 Å². The van der Waals surface area contributed by atoms with Gasteiger partial charge in [-0.2, -0.15) is 0 Å². The van der Waals surface area contributed by atoms with Gasteiger partial charge in [-0.25, -0.2) is 0 Å². The van der Waals surface area contributed by atoms with Gasteiger partial charge in [-0.3, -0.25) is 4.90 Å². The summed E-state index contributed by atoms with van der Waals surface area (Å²) in [6.07, 6.45) is 0.705. The molecule has 108 valence electrons. The summed E-state index contributed by atoms with van der Waals surface area (Å²) in [5.41, 5.74) is 1.09. The molecule has 0 radical (unpaired) electrons. The number of aliphatic hydroxyl groups is 1. The van der Waals surface area contributed by atoms with Crippen molar-refractivity contribution in [2.24, 2.45) is 0 Å². The maximum atomic E-state index is 9.26. The molecular formula is C13H19Cl3N2O. The Morgan fingerprint density at radius 2 is 1.74 bits per heavy atom. The van der Waals surface area contributed by atoms with Gasteiger partial charge in [-0.05, 0) is 30.2 Å². The highest BCUT2D eigenvalue weighted by Gasteiger charge is 2.22. The number of benzene rings is 1. The van der Waals surface area contributed by atoms with Crippen LogP contribution in [0.15, 0.2) is 18.2 Å². The average molecular weight is 326 g/mol. The Morgan fingerprint density at radius 1 is 1.16 bits per heavy atom. The summed E-state index contributed by atoms with van der Waals surface area (Å²) in [6, 6.07) is 5.81. The molecule has 1 heterocycles. The Morgan fingerprint density at radius 3 is 2.26 bits per heavy atom. The molecule has 1 atom stereocenters. The molecule has 1 aromatic rings. The SMILES string of the molecule is Cl.OCC[C@H](c1cc(Cl)cc(Cl)c1)N1CCNCC1. The summed E-state index contributed by atoms with van der Waals surface area (Å²) in [5.74, 6) is 0. The number of piperazine rings is 1. The monoisotopic (exact) mass is 324 g/mol. The van der Waals surface area contributed by atoms with Crippen molar-refractivity contribution >= 4 is 35.6 Å². The molecule has 1 aromatic carbocycles. The van der Waals surface area contributed by atoms with Crippen LogP contribution in [0, 0.1) is 0 Å². The van der Waals surface area contributed by atoms with E-state index in [1.807, 2.05) is 12.1 Å². The van der Waals surface area contributed by atoms with Crippen LogP contribution in [0.5, 0.6) is 0 Å². The molecule has 0 amide bonds. The van der Waals surface area contributed by atoms with Crippen molar-refractivity contribution in [3.63, 3.8) is 0 Å². The van der Waals surface area contributed by atoms with E-state index in [2.05, 4.69) is 10.2 Å². The van der Waals surface area contributed by atoms with Crippen LogP contribution in [0.3, 0.4) is 0 Å². The molecule has 0 bridgehead atoms. The average Bonchev–Trinajstić information content (AvgIpc) is 2.36. The van der Waals surface area contributed by atoms with Gasteiger partial charge in [0.25, 0.3) is 0 Å². The Labute approximate surface area is 130 Å². The largest absolute Gasteiger partial charge is 0.396 e. The number of nitrogens with one attached hydrogen (secondary N) is 1. The fourth-order valence-corrected chi connectivity index (χ4v) is 2.99. The molecule has 3 nitrogen and oxygen atoms in total. The van der Waals surface area contributed by atoms with E-state index < -0.39 is 0 Å². The van der Waals surface area contributed by atoms with Gasteiger partial charge in [0, 0.05) is 48.9 Å². The highest BCUT2D eigenvalue weighted by Crippen LogP contribution is 2.29. The predicted molar refractivity (Wildman–Crippen MR) is 82.6 cm³/mol. The number of hydrogen-bond donors (Lipinski definition) is 2. The summed E-state index contributed by atoms with van der Waals surface area (Å²) in [6.45, 7) is 4.09. The van der Waals surface area contributed by atoms with E-state index in [1.165, 1.54) is 0 Å². The van der Waals surface area contributed by atoms with E-state index in [0.717, 1.165) is 31.7 Å². The molecule has 0 spiro atoms. The van der Waals surface area contributed by atoms with Gasteiger partial charge in [0.05, 0.1) is 0 Å². The van der Waals surface area contributed by atoms with Crippen molar-refractivity contribution in [1.82, 2.24) is 10.2 Å². The van der Waals surface area contributed by atoms with Crippen molar-refractivity contribution in [2.75, 3.05) is 32.8 Å². The van der Waals surface area contributed by atoms with Crippen LogP contribution in [0.1, 0.15) is 18.0 Å². The van der Waals surface area contributed by atoms with Gasteiger partial charge in [0.1, 0.15) is 0 Å². The van der Waals surface area contributed by atoms with E-state index in [0.29, 0.717) is 16.5 Å². The molecule has 6 heteroatoms. The smallest absolute Gasteiger partial charge is 0.0449 e. The third kappa shape index (κ3) is 4.78. The Bertz CT molecular complexity index is 377. The van der Waals surface area contributed by atoms with E-state index in [4.69, 9.17) is 23.2 Å². The molecule has 0 saturated carbocycles. The van der Waals surface area contributed by atoms with Crippen molar-refractivity contribution in [3.8, 4) is 0 Å². The van der Waals surface area contributed by atoms with Crippen LogP contribution in [-0.2, 0) is 0 Å². The molecule has 0 aliphatic carbocycles. The standard InChI is InChI=1S/C13H18Cl2N2O.ClH/c14-11-7-10(8-12(15)9-11)13(1-6-18)17-4-2-16-3-5-17;/h7-9,13,16,18H,1-6H2;1H/t13-;/m1./s1. The lowest BCUT2D eigenvalue weighted by Gasteiger charge is -2.35.